The molecule has 0 bridgehead atoms. The summed E-state index contributed by atoms with van der Waals surface area (Å²) in [6.45, 7) is 2.41. The van der Waals surface area contributed by atoms with E-state index in [1.54, 1.807) is 0 Å². The number of halogens is 1. The van der Waals surface area contributed by atoms with Crippen molar-refractivity contribution < 1.29 is 9.31 Å². The molecule has 2 N–H and O–H groups in total. The van der Waals surface area contributed by atoms with E-state index in [4.69, 9.17) is 5.73 Å². The first-order valence-corrected chi connectivity index (χ1v) is 6.83. The van der Waals surface area contributed by atoms with Gasteiger partial charge in [0, 0.05) is 37.0 Å². The quantitative estimate of drug-likeness (QED) is 0.657. The highest BCUT2D eigenvalue weighted by Gasteiger charge is 2.12. The monoisotopic (exact) mass is 291 g/mol. The molecule has 21 heavy (non-hydrogen) atoms. The number of nitro groups is 1. The molecule has 0 fully saturated rings. The van der Waals surface area contributed by atoms with Crippen LogP contribution in [0, 0.1) is 15.9 Å². The van der Waals surface area contributed by atoms with Crippen molar-refractivity contribution in [3.05, 3.63) is 63.7 Å². The Bertz CT molecular complexity index is 640. The SMILES string of the molecule is CCC(N)Cc1cccn1Cc1cc(F)cc([N+](=O)[O-])c1. The average Bonchev–Trinajstić information content (AvgIpc) is 2.85. The van der Waals surface area contributed by atoms with Gasteiger partial charge in [0.2, 0.25) is 0 Å². The second-order valence-corrected chi connectivity index (χ2v) is 5.07. The van der Waals surface area contributed by atoms with E-state index in [9.17, 15) is 14.5 Å². The van der Waals surface area contributed by atoms with Crippen LogP contribution in [0.25, 0.3) is 0 Å². The Morgan fingerprint density at radius 2 is 2.19 bits per heavy atom. The van der Waals surface area contributed by atoms with Crippen LogP contribution in [0.3, 0.4) is 0 Å². The summed E-state index contributed by atoms with van der Waals surface area (Å²) in [7, 11) is 0. The van der Waals surface area contributed by atoms with Crippen LogP contribution in [-0.4, -0.2) is 15.5 Å². The third-order valence-corrected chi connectivity index (χ3v) is 3.43. The summed E-state index contributed by atoms with van der Waals surface area (Å²) in [4.78, 5) is 10.2. The minimum Gasteiger partial charge on any atom is -0.347 e. The number of nitro benzene ring substituents is 1. The Kier molecular flexibility index (Phi) is 4.70. The van der Waals surface area contributed by atoms with Gasteiger partial charge in [0.1, 0.15) is 5.82 Å². The highest BCUT2D eigenvalue weighted by atomic mass is 19.1. The molecule has 0 aliphatic rings. The maximum Gasteiger partial charge on any atom is 0.272 e. The number of hydrogen-bond acceptors (Lipinski definition) is 3. The summed E-state index contributed by atoms with van der Waals surface area (Å²) in [5.74, 6) is -0.599. The van der Waals surface area contributed by atoms with Crippen LogP contribution >= 0.6 is 0 Å². The lowest BCUT2D eigenvalue weighted by Gasteiger charge is -2.13. The van der Waals surface area contributed by atoms with Gasteiger partial charge in [-0.1, -0.05) is 6.92 Å². The van der Waals surface area contributed by atoms with Crippen LogP contribution in [0.5, 0.6) is 0 Å². The molecule has 0 saturated heterocycles. The van der Waals surface area contributed by atoms with Crippen molar-refractivity contribution in [2.45, 2.75) is 32.4 Å². The molecule has 1 unspecified atom stereocenters. The van der Waals surface area contributed by atoms with Crippen molar-refractivity contribution in [2.24, 2.45) is 5.73 Å². The standard InChI is InChI=1S/C15H18FN3O2/c1-2-13(17)9-14-4-3-5-18(14)10-11-6-12(16)8-15(7-11)19(20)21/h3-8,13H,2,9-10,17H2,1H3. The van der Waals surface area contributed by atoms with Crippen molar-refractivity contribution in [3.8, 4) is 0 Å². The zero-order valence-electron chi connectivity index (χ0n) is 11.8. The minimum atomic E-state index is -0.599. The Morgan fingerprint density at radius 1 is 1.43 bits per heavy atom. The molecular formula is C15H18FN3O2. The van der Waals surface area contributed by atoms with Crippen LogP contribution in [0.4, 0.5) is 10.1 Å². The predicted molar refractivity (Wildman–Crippen MR) is 78.6 cm³/mol. The molecule has 2 rings (SSSR count). The summed E-state index contributed by atoms with van der Waals surface area (Å²) in [5.41, 5.74) is 7.32. The van der Waals surface area contributed by atoms with E-state index in [-0.39, 0.29) is 11.7 Å². The first-order valence-electron chi connectivity index (χ1n) is 6.83. The molecule has 2 aromatic rings. The van der Waals surface area contributed by atoms with Gasteiger partial charge in [0.15, 0.2) is 0 Å². The number of nitrogens with two attached hydrogens (primary N) is 1. The fourth-order valence-electron chi connectivity index (χ4n) is 2.23. The van der Waals surface area contributed by atoms with Gasteiger partial charge >= 0.3 is 0 Å². The largest absolute Gasteiger partial charge is 0.347 e. The molecule has 1 aromatic heterocycles. The summed E-state index contributed by atoms with van der Waals surface area (Å²) < 4.78 is 15.4. The number of aromatic nitrogens is 1. The normalized spacial score (nSPS) is 12.3. The van der Waals surface area contributed by atoms with E-state index in [2.05, 4.69) is 0 Å². The number of nitrogens with zero attached hydrogens (tertiary/aromatic N) is 2. The zero-order chi connectivity index (χ0) is 15.4. The van der Waals surface area contributed by atoms with E-state index in [1.807, 2.05) is 29.8 Å². The molecule has 1 aromatic carbocycles. The lowest BCUT2D eigenvalue weighted by molar-refractivity contribution is -0.385. The second kappa shape index (κ2) is 6.49. The average molecular weight is 291 g/mol. The van der Waals surface area contributed by atoms with Crippen molar-refractivity contribution in [1.29, 1.82) is 0 Å². The zero-order valence-corrected chi connectivity index (χ0v) is 11.8. The third kappa shape index (κ3) is 3.88. The van der Waals surface area contributed by atoms with Crippen molar-refractivity contribution >= 4 is 5.69 Å². The van der Waals surface area contributed by atoms with E-state index in [1.165, 1.54) is 12.1 Å². The van der Waals surface area contributed by atoms with Crippen LogP contribution < -0.4 is 5.73 Å². The maximum atomic E-state index is 13.4. The minimum absolute atomic E-state index is 0.0699. The third-order valence-electron chi connectivity index (χ3n) is 3.43. The van der Waals surface area contributed by atoms with E-state index >= 15 is 0 Å². The van der Waals surface area contributed by atoms with Crippen molar-refractivity contribution in [2.75, 3.05) is 0 Å². The molecule has 0 radical (unpaired) electrons. The molecule has 0 saturated carbocycles. The predicted octanol–water partition coefficient (Wildman–Crippen LogP) is 2.86. The van der Waals surface area contributed by atoms with Crippen LogP contribution in [-0.2, 0) is 13.0 Å². The maximum absolute atomic E-state index is 13.4. The first kappa shape index (κ1) is 15.2. The Balaban J connectivity index is 2.22. The van der Waals surface area contributed by atoms with Gasteiger partial charge in [0.05, 0.1) is 11.0 Å². The highest BCUT2D eigenvalue weighted by Crippen LogP contribution is 2.18. The molecule has 112 valence electrons. The van der Waals surface area contributed by atoms with Gasteiger partial charge in [-0.25, -0.2) is 4.39 Å². The second-order valence-electron chi connectivity index (χ2n) is 5.07. The highest BCUT2D eigenvalue weighted by molar-refractivity contribution is 5.35. The molecule has 0 amide bonds. The molecule has 0 aliphatic carbocycles. The summed E-state index contributed by atoms with van der Waals surface area (Å²) in [6.07, 6.45) is 3.46. The van der Waals surface area contributed by atoms with Crippen LogP contribution in [0.2, 0.25) is 0 Å². The van der Waals surface area contributed by atoms with Gasteiger partial charge in [-0.2, -0.15) is 0 Å². The van der Waals surface area contributed by atoms with Crippen molar-refractivity contribution in [1.82, 2.24) is 4.57 Å². The van der Waals surface area contributed by atoms with Gasteiger partial charge in [0.25, 0.3) is 5.69 Å². The number of non-ortho nitro benzene ring substituents is 1. The molecular weight excluding hydrogens is 273 g/mol. The molecule has 6 heteroatoms. The van der Waals surface area contributed by atoms with E-state index in [0.29, 0.717) is 12.1 Å². The fraction of sp³-hybridized carbons (Fsp3) is 0.333. The molecule has 0 aliphatic heterocycles. The van der Waals surface area contributed by atoms with Gasteiger partial charge in [-0.3, -0.25) is 10.1 Å². The van der Waals surface area contributed by atoms with Crippen molar-refractivity contribution in [3.63, 3.8) is 0 Å². The number of benzene rings is 1. The molecule has 1 atom stereocenters. The van der Waals surface area contributed by atoms with Crippen LogP contribution in [0.15, 0.2) is 36.5 Å². The summed E-state index contributed by atoms with van der Waals surface area (Å²) in [6, 6.07) is 7.56. The van der Waals surface area contributed by atoms with Gasteiger partial charge < -0.3 is 10.3 Å². The summed E-state index contributed by atoms with van der Waals surface area (Å²) in [5, 5.41) is 10.8. The number of rotatable bonds is 6. The van der Waals surface area contributed by atoms with E-state index < -0.39 is 10.7 Å². The lowest BCUT2D eigenvalue weighted by Crippen LogP contribution is -2.23. The topological polar surface area (TPSA) is 74.1 Å². The molecule has 5 nitrogen and oxygen atoms in total. The smallest absolute Gasteiger partial charge is 0.272 e. The Morgan fingerprint density at radius 3 is 2.86 bits per heavy atom. The Labute approximate surface area is 122 Å². The Hall–Kier alpha value is -2.21. The fourth-order valence-corrected chi connectivity index (χ4v) is 2.23. The lowest BCUT2D eigenvalue weighted by atomic mass is 10.1. The summed E-state index contributed by atoms with van der Waals surface area (Å²) >= 11 is 0. The van der Waals surface area contributed by atoms with Crippen LogP contribution in [0.1, 0.15) is 24.6 Å². The molecule has 1 heterocycles. The van der Waals surface area contributed by atoms with Gasteiger partial charge in [-0.05, 0) is 30.2 Å². The van der Waals surface area contributed by atoms with Gasteiger partial charge in [-0.15, -0.1) is 0 Å². The molecule has 0 spiro atoms. The van der Waals surface area contributed by atoms with E-state index in [0.717, 1.165) is 24.6 Å². The first-order chi connectivity index (χ1) is 9.99. The number of hydrogen-bond donors (Lipinski definition) is 1.